The highest BCUT2D eigenvalue weighted by Gasteiger charge is 2.22. The molecule has 0 saturated carbocycles. The molecule has 4 radical (unpaired) electrons. The predicted octanol–water partition coefficient (Wildman–Crippen LogP) is 0.609. The third kappa shape index (κ3) is 3.43. The van der Waals surface area contributed by atoms with E-state index in [9.17, 15) is 14.3 Å². The van der Waals surface area contributed by atoms with Gasteiger partial charge in [-0.15, -0.1) is 0 Å². The van der Waals surface area contributed by atoms with Gasteiger partial charge in [-0.25, -0.2) is 19.2 Å². The van der Waals surface area contributed by atoms with Crippen LogP contribution in [0.15, 0.2) is 24.4 Å². The van der Waals surface area contributed by atoms with Crippen molar-refractivity contribution < 1.29 is 24.1 Å². The van der Waals surface area contributed by atoms with E-state index in [-0.39, 0.29) is 28.4 Å². The van der Waals surface area contributed by atoms with E-state index in [1.807, 2.05) is 0 Å². The van der Waals surface area contributed by atoms with Crippen molar-refractivity contribution >= 4 is 21.7 Å². The van der Waals surface area contributed by atoms with Gasteiger partial charge in [0, 0.05) is 6.20 Å². The van der Waals surface area contributed by atoms with Crippen molar-refractivity contribution in [2.24, 2.45) is 0 Å². The second-order valence-corrected chi connectivity index (χ2v) is 4.49. The van der Waals surface area contributed by atoms with Gasteiger partial charge in [-0.3, -0.25) is 0 Å². The van der Waals surface area contributed by atoms with E-state index in [4.69, 9.17) is 25.5 Å². The standard InChI is InChI=1S/C13H9B2FN2O4/c1-6-2-3-8(22-13(14,15)21)9(10(6)16)11-17-5-4-7(18-11)12(19)20/h2-5,21H,1H3,(H,19,20). The molecule has 0 amide bonds. The number of carboxylic acids is 1. The van der Waals surface area contributed by atoms with Crippen molar-refractivity contribution in [1.82, 2.24) is 9.97 Å². The van der Waals surface area contributed by atoms with Crippen LogP contribution in [-0.4, -0.2) is 47.4 Å². The monoisotopic (exact) mass is 298 g/mol. The van der Waals surface area contributed by atoms with Gasteiger partial charge in [0.2, 0.25) is 0 Å². The van der Waals surface area contributed by atoms with E-state index < -0.39 is 17.4 Å². The highest BCUT2D eigenvalue weighted by Crippen LogP contribution is 2.33. The zero-order chi connectivity index (χ0) is 16.5. The molecule has 0 saturated heterocycles. The third-order valence-corrected chi connectivity index (χ3v) is 2.67. The number of carbonyl (C=O) groups is 1. The van der Waals surface area contributed by atoms with Gasteiger partial charge in [0.25, 0.3) is 0 Å². The molecule has 22 heavy (non-hydrogen) atoms. The van der Waals surface area contributed by atoms with Crippen LogP contribution < -0.4 is 4.74 Å². The van der Waals surface area contributed by atoms with Gasteiger partial charge < -0.3 is 14.9 Å². The molecular weight excluding hydrogens is 289 g/mol. The van der Waals surface area contributed by atoms with Crippen LogP contribution in [0.5, 0.6) is 5.75 Å². The topological polar surface area (TPSA) is 92.5 Å². The first-order valence-electron chi connectivity index (χ1n) is 6.04. The highest BCUT2D eigenvalue weighted by atomic mass is 19.1. The fourth-order valence-corrected chi connectivity index (χ4v) is 1.73. The average molecular weight is 298 g/mol. The number of aromatic nitrogens is 2. The Hall–Kier alpha value is -2.41. The lowest BCUT2D eigenvalue weighted by atomic mass is 9.76. The molecule has 108 valence electrons. The van der Waals surface area contributed by atoms with E-state index in [1.54, 1.807) is 0 Å². The summed E-state index contributed by atoms with van der Waals surface area (Å²) in [6.07, 6.45) is 1.16. The van der Waals surface area contributed by atoms with Crippen LogP contribution in [0.2, 0.25) is 0 Å². The zero-order valence-corrected chi connectivity index (χ0v) is 11.4. The molecule has 0 atom stereocenters. The van der Waals surface area contributed by atoms with Gasteiger partial charge in [-0.1, -0.05) is 6.07 Å². The number of carboxylic acid groups (broad SMARTS) is 1. The van der Waals surface area contributed by atoms with Gasteiger partial charge in [-0.2, -0.15) is 0 Å². The van der Waals surface area contributed by atoms with Crippen molar-refractivity contribution in [3.05, 3.63) is 41.5 Å². The molecule has 1 aromatic carbocycles. The number of nitrogens with zero attached hydrogens (tertiary/aromatic N) is 2. The smallest absolute Gasteiger partial charge is 0.354 e. The van der Waals surface area contributed by atoms with Crippen molar-refractivity contribution in [2.45, 2.75) is 12.5 Å². The SMILES string of the molecule is [B]C([B])(O)Oc1ccc(C)c(F)c1-c1nccc(C(=O)O)n1. The molecule has 0 aliphatic heterocycles. The molecule has 0 spiro atoms. The predicted molar refractivity (Wildman–Crippen MR) is 76.2 cm³/mol. The van der Waals surface area contributed by atoms with Crippen molar-refractivity contribution in [2.75, 3.05) is 0 Å². The largest absolute Gasteiger partial charge is 0.481 e. The summed E-state index contributed by atoms with van der Waals surface area (Å²) in [7, 11) is 10.3. The van der Waals surface area contributed by atoms with Gasteiger partial charge in [0.15, 0.2) is 27.2 Å². The Morgan fingerprint density at radius 1 is 1.36 bits per heavy atom. The number of hydrogen-bond acceptors (Lipinski definition) is 5. The maximum Gasteiger partial charge on any atom is 0.354 e. The molecule has 0 bridgehead atoms. The minimum absolute atomic E-state index is 0.224. The van der Waals surface area contributed by atoms with Crippen LogP contribution in [0.25, 0.3) is 11.4 Å². The molecule has 2 rings (SSSR count). The van der Waals surface area contributed by atoms with E-state index in [0.29, 0.717) is 0 Å². The molecule has 0 fully saturated rings. The summed E-state index contributed by atoms with van der Waals surface area (Å²) in [6, 6.07) is 3.85. The minimum atomic E-state index is -2.54. The molecule has 0 aliphatic carbocycles. The normalized spacial score (nSPS) is 11.2. The Morgan fingerprint density at radius 2 is 2.05 bits per heavy atom. The van der Waals surface area contributed by atoms with E-state index >= 15 is 0 Å². The zero-order valence-electron chi connectivity index (χ0n) is 11.4. The van der Waals surface area contributed by atoms with Crippen LogP contribution in [0.4, 0.5) is 4.39 Å². The summed E-state index contributed by atoms with van der Waals surface area (Å²) in [5.41, 5.74) is -2.88. The van der Waals surface area contributed by atoms with Gasteiger partial charge in [-0.05, 0) is 24.6 Å². The molecule has 1 heterocycles. The first-order chi connectivity index (χ1) is 10.2. The molecule has 6 nitrogen and oxygen atoms in total. The maximum atomic E-state index is 14.4. The van der Waals surface area contributed by atoms with E-state index in [0.717, 1.165) is 12.3 Å². The van der Waals surface area contributed by atoms with Crippen molar-refractivity contribution in [1.29, 1.82) is 0 Å². The van der Waals surface area contributed by atoms with Gasteiger partial charge >= 0.3 is 5.97 Å². The first-order valence-corrected chi connectivity index (χ1v) is 6.04. The number of halogens is 1. The molecule has 0 unspecified atom stereocenters. The van der Waals surface area contributed by atoms with Crippen LogP contribution in [0.3, 0.4) is 0 Å². The van der Waals surface area contributed by atoms with Crippen LogP contribution in [0.1, 0.15) is 16.1 Å². The second kappa shape index (κ2) is 5.76. The Bertz CT molecular complexity index is 734. The number of benzene rings is 1. The third-order valence-electron chi connectivity index (χ3n) is 2.67. The summed E-state index contributed by atoms with van der Waals surface area (Å²) in [6.45, 7) is 1.49. The summed E-state index contributed by atoms with van der Waals surface area (Å²) < 4.78 is 19.3. The molecule has 9 heteroatoms. The van der Waals surface area contributed by atoms with Crippen LogP contribution >= 0.6 is 0 Å². The highest BCUT2D eigenvalue weighted by molar-refractivity contribution is 6.37. The van der Waals surface area contributed by atoms with E-state index in [2.05, 4.69) is 9.97 Å². The minimum Gasteiger partial charge on any atom is -0.481 e. The maximum absolute atomic E-state index is 14.4. The number of ether oxygens (including phenoxy) is 1. The second-order valence-electron chi connectivity index (χ2n) is 4.49. The Balaban J connectivity index is 2.64. The van der Waals surface area contributed by atoms with Gasteiger partial charge in [0.1, 0.15) is 17.2 Å². The summed E-state index contributed by atoms with van der Waals surface area (Å²) >= 11 is 0. The lowest BCUT2D eigenvalue weighted by Gasteiger charge is -2.23. The number of aromatic carboxylic acids is 1. The molecule has 1 aromatic heterocycles. The Morgan fingerprint density at radius 3 is 2.64 bits per heavy atom. The van der Waals surface area contributed by atoms with Crippen LogP contribution in [-0.2, 0) is 0 Å². The molecule has 2 aromatic rings. The Labute approximate surface area is 127 Å². The summed E-state index contributed by atoms with van der Waals surface area (Å²) in [5, 5.41) is 18.3. The molecular formula is C13H9B2FN2O4. The molecule has 2 N–H and O–H groups in total. The quantitative estimate of drug-likeness (QED) is 0.634. The number of aryl methyl sites for hydroxylation is 1. The summed E-state index contributed by atoms with van der Waals surface area (Å²) in [4.78, 5) is 18.5. The summed E-state index contributed by atoms with van der Waals surface area (Å²) in [5.74, 6) is -2.50. The number of hydrogen-bond donors (Lipinski definition) is 2. The number of aliphatic hydroxyl groups is 1. The molecule has 0 aliphatic rings. The first kappa shape index (κ1) is 16.0. The van der Waals surface area contributed by atoms with Crippen molar-refractivity contribution in [3.63, 3.8) is 0 Å². The van der Waals surface area contributed by atoms with Crippen molar-refractivity contribution in [3.8, 4) is 17.1 Å². The van der Waals surface area contributed by atoms with Gasteiger partial charge in [0.05, 0.1) is 5.56 Å². The fraction of sp³-hybridized carbons (Fsp3) is 0.154. The lowest BCUT2D eigenvalue weighted by molar-refractivity contribution is 0.0130. The Kier molecular flexibility index (Phi) is 4.18. The van der Waals surface area contributed by atoms with Crippen LogP contribution in [0, 0.1) is 12.7 Å². The van der Waals surface area contributed by atoms with E-state index in [1.165, 1.54) is 19.1 Å². The fourth-order valence-electron chi connectivity index (χ4n) is 1.73. The lowest BCUT2D eigenvalue weighted by Crippen LogP contribution is -2.36. The number of rotatable bonds is 4. The average Bonchev–Trinajstić information content (AvgIpc) is 2.42.